The normalized spacial score (nSPS) is 10.9. The van der Waals surface area contributed by atoms with Crippen molar-refractivity contribution in [1.82, 2.24) is 10.4 Å². The van der Waals surface area contributed by atoms with E-state index in [0.29, 0.717) is 17.0 Å². The number of nitrogens with zero attached hydrogens (tertiary/aromatic N) is 3. The number of pyridine rings is 1. The van der Waals surface area contributed by atoms with Crippen molar-refractivity contribution < 1.29 is 19.2 Å². The van der Waals surface area contributed by atoms with Gasteiger partial charge in [-0.05, 0) is 76.2 Å². The number of aromatic nitrogens is 1. The lowest BCUT2D eigenvalue weighted by Gasteiger charge is -2.09. The molecule has 3 aromatic carbocycles. The standard InChI is InChI=1S/C25H19IN4O5/c26-21-13-18(8-11-22(21)34-15-17-6-9-20(10-7-17)30(32)33)14-28-29-24(31)16-35-23-5-1-3-19-4-2-12-27-25(19)23/h1-14H,15-16H2,(H,29,31)/b28-14+. The Bertz CT molecular complexity index is 1390. The van der Waals surface area contributed by atoms with Crippen molar-refractivity contribution in [2.45, 2.75) is 6.61 Å². The minimum atomic E-state index is -0.439. The number of hydrogen-bond acceptors (Lipinski definition) is 7. The van der Waals surface area contributed by atoms with Gasteiger partial charge in [0.15, 0.2) is 6.61 Å². The average molecular weight is 582 g/mol. The number of hydrazone groups is 1. The molecule has 0 bridgehead atoms. The molecule has 1 amide bonds. The fourth-order valence-electron chi connectivity index (χ4n) is 3.14. The molecule has 0 aliphatic carbocycles. The third-order valence-electron chi connectivity index (χ3n) is 4.85. The molecule has 0 saturated carbocycles. The predicted octanol–water partition coefficient (Wildman–Crippen LogP) is 4.86. The van der Waals surface area contributed by atoms with Crippen LogP contribution in [-0.4, -0.2) is 28.6 Å². The first kappa shape index (κ1) is 24.1. The van der Waals surface area contributed by atoms with Crippen LogP contribution >= 0.6 is 22.6 Å². The number of amides is 1. The Balaban J connectivity index is 1.27. The van der Waals surface area contributed by atoms with Gasteiger partial charge in [-0.1, -0.05) is 18.2 Å². The Morgan fingerprint density at radius 2 is 1.86 bits per heavy atom. The molecule has 9 nitrogen and oxygen atoms in total. The van der Waals surface area contributed by atoms with E-state index < -0.39 is 10.8 Å². The highest BCUT2D eigenvalue weighted by molar-refractivity contribution is 14.1. The van der Waals surface area contributed by atoms with Gasteiger partial charge in [0.25, 0.3) is 11.6 Å². The van der Waals surface area contributed by atoms with Gasteiger partial charge in [0.1, 0.15) is 23.6 Å². The molecule has 1 heterocycles. The SMILES string of the molecule is O=C(COc1cccc2cccnc12)N/N=C/c1ccc(OCc2ccc([N+](=O)[O-])cc2)c(I)c1. The second kappa shape index (κ2) is 11.4. The Kier molecular flexibility index (Phi) is 7.83. The number of non-ortho nitro benzene ring substituents is 1. The lowest BCUT2D eigenvalue weighted by atomic mass is 10.2. The maximum absolute atomic E-state index is 12.1. The number of carbonyl (C=O) groups is 1. The number of nitrogens with one attached hydrogen (secondary N) is 1. The summed E-state index contributed by atoms with van der Waals surface area (Å²) in [4.78, 5) is 26.7. The Labute approximate surface area is 214 Å². The van der Waals surface area contributed by atoms with Gasteiger partial charge in [0, 0.05) is 23.7 Å². The lowest BCUT2D eigenvalue weighted by Crippen LogP contribution is -2.24. The van der Waals surface area contributed by atoms with Crippen LogP contribution in [0.5, 0.6) is 11.5 Å². The summed E-state index contributed by atoms with van der Waals surface area (Å²) in [6, 6.07) is 21.0. The van der Waals surface area contributed by atoms with Crippen LogP contribution < -0.4 is 14.9 Å². The molecular weight excluding hydrogens is 563 g/mol. The molecule has 0 fully saturated rings. The van der Waals surface area contributed by atoms with E-state index in [1.54, 1.807) is 36.5 Å². The van der Waals surface area contributed by atoms with Gasteiger partial charge in [-0.3, -0.25) is 19.9 Å². The van der Waals surface area contributed by atoms with Gasteiger partial charge >= 0.3 is 0 Å². The zero-order valence-electron chi connectivity index (χ0n) is 18.3. The quantitative estimate of drug-likeness (QED) is 0.131. The van der Waals surface area contributed by atoms with Crippen molar-refractivity contribution in [2.24, 2.45) is 5.10 Å². The number of carbonyl (C=O) groups excluding carboxylic acids is 1. The first-order valence-electron chi connectivity index (χ1n) is 10.4. The third-order valence-corrected chi connectivity index (χ3v) is 5.70. The van der Waals surface area contributed by atoms with Gasteiger partial charge in [0.2, 0.25) is 0 Å². The molecule has 1 aromatic heterocycles. The molecule has 4 rings (SSSR count). The van der Waals surface area contributed by atoms with Gasteiger partial charge < -0.3 is 9.47 Å². The van der Waals surface area contributed by atoms with E-state index >= 15 is 0 Å². The van der Waals surface area contributed by atoms with Crippen LogP contribution in [0.15, 0.2) is 84.1 Å². The zero-order chi connectivity index (χ0) is 24.6. The van der Waals surface area contributed by atoms with E-state index in [-0.39, 0.29) is 18.9 Å². The summed E-state index contributed by atoms with van der Waals surface area (Å²) >= 11 is 2.15. The van der Waals surface area contributed by atoms with Crippen molar-refractivity contribution in [1.29, 1.82) is 0 Å². The summed E-state index contributed by atoms with van der Waals surface area (Å²) < 4.78 is 12.3. The van der Waals surface area contributed by atoms with E-state index in [9.17, 15) is 14.9 Å². The molecule has 1 N–H and O–H groups in total. The highest BCUT2D eigenvalue weighted by Crippen LogP contribution is 2.24. The Morgan fingerprint density at radius 3 is 2.63 bits per heavy atom. The predicted molar refractivity (Wildman–Crippen MR) is 140 cm³/mol. The van der Waals surface area contributed by atoms with Crippen LogP contribution in [0.1, 0.15) is 11.1 Å². The Morgan fingerprint density at radius 1 is 1.06 bits per heavy atom. The number of para-hydroxylation sites is 1. The number of fused-ring (bicyclic) bond motifs is 1. The van der Waals surface area contributed by atoms with Crippen LogP contribution in [0.4, 0.5) is 5.69 Å². The van der Waals surface area contributed by atoms with Crippen molar-refractivity contribution >= 4 is 51.3 Å². The Hall–Kier alpha value is -4.06. The number of nitro benzene ring substituents is 1. The zero-order valence-corrected chi connectivity index (χ0v) is 20.4. The van der Waals surface area contributed by atoms with E-state index in [0.717, 1.165) is 20.1 Å². The van der Waals surface area contributed by atoms with Gasteiger partial charge in [-0.2, -0.15) is 5.10 Å². The highest BCUT2D eigenvalue weighted by atomic mass is 127. The van der Waals surface area contributed by atoms with Gasteiger partial charge in [-0.15, -0.1) is 0 Å². The fourth-order valence-corrected chi connectivity index (χ4v) is 3.83. The van der Waals surface area contributed by atoms with Crippen molar-refractivity contribution in [3.8, 4) is 11.5 Å². The first-order chi connectivity index (χ1) is 17.0. The van der Waals surface area contributed by atoms with Crippen molar-refractivity contribution in [3.05, 3.63) is 104 Å². The molecular formula is C25H19IN4O5. The molecule has 0 saturated heterocycles. The molecule has 4 aromatic rings. The van der Waals surface area contributed by atoms with E-state index in [1.807, 2.05) is 30.3 Å². The van der Waals surface area contributed by atoms with Gasteiger partial charge in [-0.25, -0.2) is 5.43 Å². The number of hydrogen-bond donors (Lipinski definition) is 1. The fraction of sp³-hybridized carbons (Fsp3) is 0.0800. The summed E-state index contributed by atoms with van der Waals surface area (Å²) in [5, 5.41) is 15.7. The number of benzene rings is 3. The summed E-state index contributed by atoms with van der Waals surface area (Å²) in [7, 11) is 0. The minimum Gasteiger partial charge on any atom is -0.488 e. The number of rotatable bonds is 9. The average Bonchev–Trinajstić information content (AvgIpc) is 2.87. The lowest BCUT2D eigenvalue weighted by molar-refractivity contribution is -0.384. The van der Waals surface area contributed by atoms with E-state index in [2.05, 4.69) is 38.1 Å². The molecule has 35 heavy (non-hydrogen) atoms. The van der Waals surface area contributed by atoms with Crippen LogP contribution in [0.25, 0.3) is 10.9 Å². The minimum absolute atomic E-state index is 0.0381. The number of nitro groups is 1. The molecule has 0 aliphatic heterocycles. The topological polar surface area (TPSA) is 116 Å². The number of ether oxygens (including phenoxy) is 2. The molecule has 10 heteroatoms. The summed E-state index contributed by atoms with van der Waals surface area (Å²) in [5.41, 5.74) is 4.77. The summed E-state index contributed by atoms with van der Waals surface area (Å²) in [6.45, 7) is 0.0870. The second-order valence-electron chi connectivity index (χ2n) is 7.32. The highest BCUT2D eigenvalue weighted by Gasteiger charge is 2.08. The first-order valence-corrected chi connectivity index (χ1v) is 11.5. The largest absolute Gasteiger partial charge is 0.488 e. The molecule has 0 aliphatic rings. The van der Waals surface area contributed by atoms with Crippen molar-refractivity contribution in [3.63, 3.8) is 0 Å². The summed E-state index contributed by atoms with van der Waals surface area (Å²) in [5.74, 6) is 0.801. The maximum atomic E-state index is 12.1. The van der Waals surface area contributed by atoms with Crippen LogP contribution in [0.2, 0.25) is 0 Å². The van der Waals surface area contributed by atoms with E-state index in [1.165, 1.54) is 18.3 Å². The molecule has 176 valence electrons. The van der Waals surface area contributed by atoms with E-state index in [4.69, 9.17) is 9.47 Å². The molecule has 0 spiro atoms. The van der Waals surface area contributed by atoms with Crippen molar-refractivity contribution in [2.75, 3.05) is 6.61 Å². The third kappa shape index (κ3) is 6.51. The van der Waals surface area contributed by atoms with Crippen LogP contribution in [0.3, 0.4) is 0 Å². The smallest absolute Gasteiger partial charge is 0.277 e. The van der Waals surface area contributed by atoms with Gasteiger partial charge in [0.05, 0.1) is 14.7 Å². The molecule has 0 atom stereocenters. The molecule has 0 radical (unpaired) electrons. The van der Waals surface area contributed by atoms with Crippen LogP contribution in [0, 0.1) is 13.7 Å². The monoisotopic (exact) mass is 582 g/mol. The summed E-state index contributed by atoms with van der Waals surface area (Å²) in [6.07, 6.45) is 3.20. The number of halogens is 1. The second-order valence-corrected chi connectivity index (χ2v) is 8.48. The molecule has 0 unspecified atom stereocenters. The van der Waals surface area contributed by atoms with Crippen LogP contribution in [-0.2, 0) is 11.4 Å². The maximum Gasteiger partial charge on any atom is 0.277 e.